The molecule has 49 valence electrons. The van der Waals surface area contributed by atoms with Gasteiger partial charge in [0, 0.05) is 5.88 Å². The minimum atomic E-state index is -1.75. The Labute approximate surface area is 61.1 Å². The molecule has 0 unspecified atom stereocenters. The second kappa shape index (κ2) is 15.6. The van der Waals surface area contributed by atoms with Crippen molar-refractivity contribution in [3.05, 3.63) is 0 Å². The van der Waals surface area contributed by atoms with E-state index in [1.807, 2.05) is 0 Å². The Morgan fingerprint density at radius 3 is 2.12 bits per heavy atom. The molecular formula is C2H6ClO4Ti. The Balaban J connectivity index is 0. The Bertz CT molecular complexity index is 41.0. The van der Waals surface area contributed by atoms with Gasteiger partial charge in [0.05, 0.1) is 6.61 Å². The molecule has 0 saturated heterocycles. The van der Waals surface area contributed by atoms with Gasteiger partial charge in [-0.25, -0.2) is 4.89 Å². The third kappa shape index (κ3) is 30.0. The number of rotatable bonds is 2. The molecule has 0 aliphatic carbocycles. The Kier molecular flexibility index (Phi) is 22.4. The molecule has 0 heterocycles. The molecule has 0 radical (unpaired) electrons. The van der Waals surface area contributed by atoms with Crippen molar-refractivity contribution in [1.29, 1.82) is 0 Å². The average molecular weight is 177 g/mol. The number of alkyl halides is 1. The fraction of sp³-hybridized carbons (Fsp3) is 1.00. The average Bonchev–Trinajstić information content (AvgIpc) is 1.71. The van der Waals surface area contributed by atoms with Crippen molar-refractivity contribution in [1.82, 2.24) is 0 Å². The van der Waals surface area contributed by atoms with Crippen LogP contribution in [0.25, 0.3) is 0 Å². The second-order valence-electron chi connectivity index (χ2n) is 0.613. The first-order valence-corrected chi connectivity index (χ1v) is 3.54. The van der Waals surface area contributed by atoms with Gasteiger partial charge >= 0.3 is 26.5 Å². The van der Waals surface area contributed by atoms with Gasteiger partial charge in [0.15, 0.2) is 0 Å². The van der Waals surface area contributed by atoms with E-state index in [2.05, 4.69) is 4.89 Å². The van der Waals surface area contributed by atoms with E-state index in [9.17, 15) is 0 Å². The number of hydrogen-bond donors (Lipinski definition) is 2. The van der Waals surface area contributed by atoms with Crippen LogP contribution in [-0.4, -0.2) is 21.4 Å². The van der Waals surface area contributed by atoms with Gasteiger partial charge in [-0.05, 0) is 0 Å². The zero-order chi connectivity index (χ0) is 6.83. The maximum atomic E-state index is 8.61. The van der Waals surface area contributed by atoms with E-state index >= 15 is 0 Å². The summed E-state index contributed by atoms with van der Waals surface area (Å²) in [7, 11) is 0. The molecule has 0 saturated carbocycles. The third-order valence-corrected chi connectivity index (χ3v) is 0.323. The molecule has 0 aliphatic heterocycles. The van der Waals surface area contributed by atoms with Crippen molar-refractivity contribution in [3.63, 3.8) is 0 Å². The Morgan fingerprint density at radius 1 is 1.75 bits per heavy atom. The van der Waals surface area contributed by atoms with Crippen molar-refractivity contribution in [2.24, 2.45) is 0 Å². The molecule has 0 aromatic rings. The van der Waals surface area contributed by atoms with E-state index in [0.717, 1.165) is 0 Å². The molecule has 2 N–H and O–H groups in total. The Morgan fingerprint density at radius 2 is 2.12 bits per heavy atom. The summed E-state index contributed by atoms with van der Waals surface area (Å²) >= 11 is 3.27. The fourth-order valence-corrected chi connectivity index (χ4v) is 0.104. The van der Waals surface area contributed by atoms with Gasteiger partial charge in [-0.3, -0.25) is 5.26 Å². The van der Waals surface area contributed by atoms with Crippen LogP contribution in [0, 0.1) is 0 Å². The monoisotopic (exact) mass is 177 g/mol. The van der Waals surface area contributed by atoms with Crippen molar-refractivity contribution in [2.45, 2.75) is 0 Å². The third-order valence-electron chi connectivity index (χ3n) is 0.168. The molecule has 0 aromatic carbocycles. The summed E-state index contributed by atoms with van der Waals surface area (Å²) in [5, 5.41) is 7.48. The van der Waals surface area contributed by atoms with Gasteiger partial charge in [0.25, 0.3) is 0 Å². The van der Waals surface area contributed by atoms with Crippen molar-refractivity contribution in [2.75, 3.05) is 12.5 Å². The van der Waals surface area contributed by atoms with Gasteiger partial charge in [0.1, 0.15) is 0 Å². The molecule has 0 rings (SSSR count). The van der Waals surface area contributed by atoms with Crippen LogP contribution in [0.4, 0.5) is 0 Å². The van der Waals surface area contributed by atoms with Crippen LogP contribution in [0.5, 0.6) is 0 Å². The number of halogens is 1. The summed E-state index contributed by atoms with van der Waals surface area (Å²) in [6, 6.07) is 0. The van der Waals surface area contributed by atoms with Crippen LogP contribution in [0.15, 0.2) is 0 Å². The first-order valence-electron chi connectivity index (χ1n) is 1.67. The van der Waals surface area contributed by atoms with Crippen LogP contribution < -0.4 is 0 Å². The molecular weight excluding hydrogens is 171 g/mol. The van der Waals surface area contributed by atoms with Gasteiger partial charge in [-0.1, -0.05) is 0 Å². The normalized spacial score (nSPS) is 6.38. The molecule has 4 nitrogen and oxygen atoms in total. The topological polar surface area (TPSA) is 66.8 Å². The number of hydrogen-bond acceptors (Lipinski definition) is 3. The minimum absolute atomic E-state index is 0.210. The van der Waals surface area contributed by atoms with E-state index in [4.69, 9.17) is 23.9 Å². The first kappa shape index (κ1) is 11.5. The summed E-state index contributed by atoms with van der Waals surface area (Å²) in [5.74, 6) is 0.344. The molecule has 0 bridgehead atoms. The standard InChI is InChI=1S/C2H5ClO2.H2O.O.Ti/c3-1-2-5-4;;;/h4H,1-2H2;1H2;;/q;;;+1/p-1. The van der Waals surface area contributed by atoms with Crippen molar-refractivity contribution < 1.29 is 36.7 Å². The van der Waals surface area contributed by atoms with Crippen LogP contribution >= 0.6 is 11.6 Å². The van der Waals surface area contributed by atoms with E-state index < -0.39 is 19.5 Å². The zero-order valence-corrected chi connectivity index (χ0v) is 6.32. The van der Waals surface area contributed by atoms with Gasteiger partial charge in [0.2, 0.25) is 0 Å². The molecule has 6 heteroatoms. The SMILES string of the molecule is OOCCCl.[O]=[Ti][OH]. The molecule has 0 spiro atoms. The quantitative estimate of drug-likeness (QED) is 0.270. The van der Waals surface area contributed by atoms with Gasteiger partial charge < -0.3 is 0 Å². The van der Waals surface area contributed by atoms with Crippen LogP contribution in [0.1, 0.15) is 0 Å². The summed E-state index contributed by atoms with van der Waals surface area (Å²) in [6.45, 7) is 0.210. The van der Waals surface area contributed by atoms with Crippen LogP contribution in [-0.2, 0) is 27.7 Å². The summed E-state index contributed by atoms with van der Waals surface area (Å²) in [4.78, 5) is 3.56. The summed E-state index contributed by atoms with van der Waals surface area (Å²) in [6.07, 6.45) is 0. The van der Waals surface area contributed by atoms with Gasteiger partial charge in [-0.15, -0.1) is 11.6 Å². The fourth-order valence-electron chi connectivity index (χ4n) is 0.0345. The van der Waals surface area contributed by atoms with Crippen LogP contribution in [0.3, 0.4) is 0 Å². The second-order valence-corrected chi connectivity index (χ2v) is 1.28. The van der Waals surface area contributed by atoms with Gasteiger partial charge in [-0.2, -0.15) is 0 Å². The first-order chi connectivity index (χ1) is 3.83. The molecule has 0 aromatic heterocycles. The summed E-state index contributed by atoms with van der Waals surface area (Å²) in [5.41, 5.74) is 0. The molecule has 0 atom stereocenters. The molecule has 0 fully saturated rings. The van der Waals surface area contributed by atoms with E-state index in [1.54, 1.807) is 0 Å². The summed E-state index contributed by atoms with van der Waals surface area (Å²) < 4.78 is 15.8. The van der Waals surface area contributed by atoms with E-state index in [-0.39, 0.29) is 6.61 Å². The predicted molar refractivity (Wildman–Crippen MR) is 22.2 cm³/mol. The molecule has 8 heavy (non-hydrogen) atoms. The predicted octanol–water partition coefficient (Wildman–Crippen LogP) is 0.0365. The van der Waals surface area contributed by atoms with E-state index in [0.29, 0.717) is 5.88 Å². The molecule has 0 amide bonds. The molecule has 0 aliphatic rings. The van der Waals surface area contributed by atoms with Crippen molar-refractivity contribution >= 4 is 11.6 Å². The Hall–Kier alpha value is 0.684. The van der Waals surface area contributed by atoms with E-state index in [1.165, 1.54) is 0 Å². The van der Waals surface area contributed by atoms with Crippen LogP contribution in [0.2, 0.25) is 0 Å². The van der Waals surface area contributed by atoms with Crippen molar-refractivity contribution in [3.8, 4) is 0 Å². The zero-order valence-electron chi connectivity index (χ0n) is 4.00. The maximum absolute atomic E-state index is 8.61.